The minimum absolute atomic E-state index is 0.462. The lowest BCUT2D eigenvalue weighted by Crippen LogP contribution is -2.37. The summed E-state index contributed by atoms with van der Waals surface area (Å²) in [6.45, 7) is 0. The van der Waals surface area contributed by atoms with Gasteiger partial charge >= 0.3 is 0 Å². The maximum absolute atomic E-state index is 5.75. The third-order valence-electron chi connectivity index (χ3n) is 2.58. The van der Waals surface area contributed by atoms with Crippen molar-refractivity contribution in [3.8, 4) is 0 Å². The van der Waals surface area contributed by atoms with E-state index in [0.29, 0.717) is 11.2 Å². The van der Waals surface area contributed by atoms with Crippen LogP contribution >= 0.6 is 11.6 Å². The highest BCUT2D eigenvalue weighted by Crippen LogP contribution is 2.26. The lowest BCUT2D eigenvalue weighted by atomic mass is 9.92. The third-order valence-corrected chi connectivity index (χ3v) is 2.76. The minimum Gasteiger partial charge on any atom is -0.355 e. The van der Waals surface area contributed by atoms with Crippen molar-refractivity contribution in [3.05, 3.63) is 17.5 Å². The predicted molar refractivity (Wildman–Crippen MR) is 53.1 cm³/mol. The summed E-state index contributed by atoms with van der Waals surface area (Å²) in [6.07, 6.45) is 7.14. The molecule has 0 radical (unpaired) electrons. The standard InChI is InChI=1S/C9H12ClN3/c1-13(7-3-2-4-7)9-6-11-5-8(10)12-9/h5-7H,2-4H2,1H3. The summed E-state index contributed by atoms with van der Waals surface area (Å²) in [6, 6.07) is 0.632. The van der Waals surface area contributed by atoms with Gasteiger partial charge < -0.3 is 4.90 Å². The van der Waals surface area contributed by atoms with E-state index in [2.05, 4.69) is 14.9 Å². The Morgan fingerprint density at radius 2 is 2.23 bits per heavy atom. The van der Waals surface area contributed by atoms with Crippen LogP contribution in [0.15, 0.2) is 12.4 Å². The topological polar surface area (TPSA) is 29.0 Å². The Morgan fingerprint density at radius 1 is 1.46 bits per heavy atom. The second kappa shape index (κ2) is 3.50. The molecule has 0 aliphatic heterocycles. The summed E-state index contributed by atoms with van der Waals surface area (Å²) in [5, 5.41) is 0.462. The van der Waals surface area contributed by atoms with Gasteiger partial charge in [0.05, 0.1) is 12.4 Å². The van der Waals surface area contributed by atoms with Crippen molar-refractivity contribution in [2.24, 2.45) is 0 Å². The smallest absolute Gasteiger partial charge is 0.149 e. The summed E-state index contributed by atoms with van der Waals surface area (Å²) in [5.41, 5.74) is 0. The fourth-order valence-corrected chi connectivity index (χ4v) is 1.61. The van der Waals surface area contributed by atoms with E-state index in [4.69, 9.17) is 11.6 Å². The van der Waals surface area contributed by atoms with Gasteiger partial charge in [0.25, 0.3) is 0 Å². The third kappa shape index (κ3) is 1.75. The van der Waals surface area contributed by atoms with Crippen molar-refractivity contribution >= 4 is 17.4 Å². The first-order valence-electron chi connectivity index (χ1n) is 4.48. The number of rotatable bonds is 2. The Hall–Kier alpha value is -0.830. The predicted octanol–water partition coefficient (Wildman–Crippen LogP) is 2.12. The van der Waals surface area contributed by atoms with Gasteiger partial charge in [0.15, 0.2) is 0 Å². The second-order valence-corrected chi connectivity index (χ2v) is 3.78. The fraction of sp³-hybridized carbons (Fsp3) is 0.556. The number of aromatic nitrogens is 2. The van der Waals surface area contributed by atoms with Crippen molar-refractivity contribution in [3.63, 3.8) is 0 Å². The van der Waals surface area contributed by atoms with Crippen LogP contribution < -0.4 is 4.90 Å². The molecule has 1 aromatic rings. The lowest BCUT2D eigenvalue weighted by Gasteiger charge is -2.35. The molecule has 0 aromatic carbocycles. The Morgan fingerprint density at radius 3 is 2.77 bits per heavy atom. The highest BCUT2D eigenvalue weighted by Gasteiger charge is 2.23. The van der Waals surface area contributed by atoms with E-state index in [1.54, 1.807) is 12.4 Å². The van der Waals surface area contributed by atoms with Crippen molar-refractivity contribution in [1.82, 2.24) is 9.97 Å². The first-order valence-corrected chi connectivity index (χ1v) is 4.85. The van der Waals surface area contributed by atoms with E-state index >= 15 is 0 Å². The molecule has 2 rings (SSSR count). The van der Waals surface area contributed by atoms with Crippen LogP contribution in [0.25, 0.3) is 0 Å². The molecule has 1 aliphatic carbocycles. The van der Waals surface area contributed by atoms with E-state index < -0.39 is 0 Å². The van der Waals surface area contributed by atoms with Gasteiger partial charge in [0, 0.05) is 13.1 Å². The summed E-state index contributed by atoms with van der Waals surface area (Å²) in [7, 11) is 2.05. The van der Waals surface area contributed by atoms with Gasteiger partial charge in [-0.1, -0.05) is 11.6 Å². The summed E-state index contributed by atoms with van der Waals surface area (Å²) < 4.78 is 0. The van der Waals surface area contributed by atoms with Crippen molar-refractivity contribution in [2.75, 3.05) is 11.9 Å². The quantitative estimate of drug-likeness (QED) is 0.728. The van der Waals surface area contributed by atoms with Crippen LogP contribution in [-0.2, 0) is 0 Å². The first-order chi connectivity index (χ1) is 6.27. The van der Waals surface area contributed by atoms with E-state index in [1.165, 1.54) is 19.3 Å². The Balaban J connectivity index is 2.14. The van der Waals surface area contributed by atoms with Crippen molar-refractivity contribution in [2.45, 2.75) is 25.3 Å². The molecule has 0 spiro atoms. The van der Waals surface area contributed by atoms with E-state index in [0.717, 1.165) is 5.82 Å². The van der Waals surface area contributed by atoms with Gasteiger partial charge in [-0.25, -0.2) is 4.98 Å². The highest BCUT2D eigenvalue weighted by atomic mass is 35.5. The molecule has 1 fully saturated rings. The number of anilines is 1. The van der Waals surface area contributed by atoms with Crippen LogP contribution in [-0.4, -0.2) is 23.1 Å². The molecular weight excluding hydrogens is 186 g/mol. The van der Waals surface area contributed by atoms with Crippen LogP contribution in [0.2, 0.25) is 5.15 Å². The first kappa shape index (κ1) is 8.75. The minimum atomic E-state index is 0.462. The Kier molecular flexibility index (Phi) is 2.36. The van der Waals surface area contributed by atoms with Crippen LogP contribution in [0.3, 0.4) is 0 Å². The SMILES string of the molecule is CN(c1cncc(Cl)n1)C1CCC1. The van der Waals surface area contributed by atoms with E-state index in [1.807, 2.05) is 7.05 Å². The van der Waals surface area contributed by atoms with Gasteiger partial charge in [-0.15, -0.1) is 0 Å². The zero-order valence-corrected chi connectivity index (χ0v) is 8.33. The van der Waals surface area contributed by atoms with Crippen LogP contribution in [0.1, 0.15) is 19.3 Å². The zero-order chi connectivity index (χ0) is 9.26. The molecule has 0 atom stereocenters. The maximum Gasteiger partial charge on any atom is 0.149 e. The molecule has 1 aromatic heterocycles. The largest absolute Gasteiger partial charge is 0.355 e. The van der Waals surface area contributed by atoms with Crippen molar-refractivity contribution < 1.29 is 0 Å². The average Bonchev–Trinajstić information content (AvgIpc) is 2.01. The molecule has 0 N–H and O–H groups in total. The molecular formula is C9H12ClN3. The average molecular weight is 198 g/mol. The molecule has 0 saturated heterocycles. The molecule has 70 valence electrons. The number of hydrogen-bond donors (Lipinski definition) is 0. The number of halogens is 1. The molecule has 13 heavy (non-hydrogen) atoms. The van der Waals surface area contributed by atoms with Crippen LogP contribution in [0.5, 0.6) is 0 Å². The summed E-state index contributed by atoms with van der Waals surface area (Å²) in [4.78, 5) is 10.4. The molecule has 1 saturated carbocycles. The maximum atomic E-state index is 5.75. The molecule has 4 heteroatoms. The Bertz CT molecular complexity index is 299. The molecule has 3 nitrogen and oxygen atoms in total. The lowest BCUT2D eigenvalue weighted by molar-refractivity contribution is 0.399. The summed E-state index contributed by atoms with van der Waals surface area (Å²) >= 11 is 5.75. The van der Waals surface area contributed by atoms with Crippen LogP contribution in [0.4, 0.5) is 5.82 Å². The van der Waals surface area contributed by atoms with Gasteiger partial charge in [-0.3, -0.25) is 4.98 Å². The van der Waals surface area contributed by atoms with Gasteiger partial charge in [0.2, 0.25) is 0 Å². The van der Waals surface area contributed by atoms with Gasteiger partial charge in [0.1, 0.15) is 11.0 Å². The molecule has 1 heterocycles. The summed E-state index contributed by atoms with van der Waals surface area (Å²) in [5.74, 6) is 0.872. The van der Waals surface area contributed by atoms with Crippen molar-refractivity contribution in [1.29, 1.82) is 0 Å². The van der Waals surface area contributed by atoms with Crippen LogP contribution in [0, 0.1) is 0 Å². The number of nitrogens with zero attached hydrogens (tertiary/aromatic N) is 3. The number of hydrogen-bond acceptors (Lipinski definition) is 3. The van der Waals surface area contributed by atoms with Gasteiger partial charge in [-0.05, 0) is 19.3 Å². The molecule has 0 unspecified atom stereocenters. The van der Waals surface area contributed by atoms with E-state index in [-0.39, 0.29) is 0 Å². The van der Waals surface area contributed by atoms with Gasteiger partial charge in [-0.2, -0.15) is 0 Å². The second-order valence-electron chi connectivity index (χ2n) is 3.40. The Labute approximate surface area is 82.8 Å². The highest BCUT2D eigenvalue weighted by molar-refractivity contribution is 6.29. The fourth-order valence-electron chi connectivity index (χ4n) is 1.46. The van der Waals surface area contributed by atoms with E-state index in [9.17, 15) is 0 Å². The zero-order valence-electron chi connectivity index (χ0n) is 7.57. The monoisotopic (exact) mass is 197 g/mol. The molecule has 0 amide bonds. The molecule has 0 bridgehead atoms. The molecule has 1 aliphatic rings. The normalized spacial score (nSPS) is 16.8.